The molecular formula is C27H29FN4OS. The normalized spacial score (nSPS) is 16.6. The van der Waals surface area contributed by atoms with Gasteiger partial charge in [0.25, 0.3) is 0 Å². The number of thioether (sulfide) groups is 1. The Balaban J connectivity index is 1.31. The number of anilines is 3. The van der Waals surface area contributed by atoms with Gasteiger partial charge in [0.1, 0.15) is 23.2 Å². The molecule has 0 atom stereocenters. The van der Waals surface area contributed by atoms with Gasteiger partial charge in [-0.3, -0.25) is 0 Å². The second-order valence-corrected chi connectivity index (χ2v) is 9.79. The van der Waals surface area contributed by atoms with Gasteiger partial charge in [0.15, 0.2) is 0 Å². The summed E-state index contributed by atoms with van der Waals surface area (Å²) in [6.07, 6.45) is 11.1. The molecular weight excluding hydrogens is 447 g/mol. The van der Waals surface area contributed by atoms with Crippen LogP contribution in [0, 0.1) is 12.7 Å². The Labute approximate surface area is 204 Å². The molecule has 7 heteroatoms. The number of nitrogens with one attached hydrogen (secondary N) is 1. The predicted octanol–water partition coefficient (Wildman–Crippen LogP) is 6.88. The van der Waals surface area contributed by atoms with Crippen LogP contribution >= 0.6 is 11.8 Å². The lowest BCUT2D eigenvalue weighted by molar-refractivity contribution is 0.394. The van der Waals surface area contributed by atoms with Gasteiger partial charge in [-0.05, 0) is 51.0 Å². The number of hydrogen-bond donors (Lipinski definition) is 1. The van der Waals surface area contributed by atoms with Crippen molar-refractivity contribution in [2.45, 2.75) is 43.9 Å². The Hall–Kier alpha value is -3.06. The van der Waals surface area contributed by atoms with Crippen molar-refractivity contribution < 1.29 is 8.81 Å². The van der Waals surface area contributed by atoms with Gasteiger partial charge < -0.3 is 14.6 Å². The first-order valence-electron chi connectivity index (χ1n) is 11.8. The molecule has 0 bridgehead atoms. The predicted molar refractivity (Wildman–Crippen MR) is 138 cm³/mol. The fourth-order valence-electron chi connectivity index (χ4n) is 4.50. The van der Waals surface area contributed by atoms with Gasteiger partial charge in [0.05, 0.1) is 10.6 Å². The molecule has 34 heavy (non-hydrogen) atoms. The molecule has 0 unspecified atom stereocenters. The largest absolute Gasteiger partial charge is 0.465 e. The molecule has 1 aromatic carbocycles. The first-order valence-corrected chi connectivity index (χ1v) is 12.8. The SMILES string of the molecule is C/C=C\C=C/c1cc(C2CCN(c3nc4c(c(Nc5cccc(F)c5)n3)SCC4)CC2)oc1C. The minimum absolute atomic E-state index is 0.265. The zero-order valence-electron chi connectivity index (χ0n) is 19.6. The standard InChI is InChI=1S/C27H29FN4OS/c1-3-4-5-7-20-16-24(33-18(20)2)19-10-13-32(14-11-19)27-30-23-12-15-34-25(23)26(31-27)29-22-9-6-8-21(28)17-22/h3-9,16-17,19H,10-15H2,1-2H3,(H,29,30,31)/b4-3-,7-5-. The van der Waals surface area contributed by atoms with Crippen LogP contribution < -0.4 is 10.2 Å². The Morgan fingerprint density at radius 1 is 1.18 bits per heavy atom. The van der Waals surface area contributed by atoms with Crippen LogP contribution in [-0.4, -0.2) is 28.8 Å². The lowest BCUT2D eigenvalue weighted by Gasteiger charge is -2.31. The molecule has 5 nitrogen and oxygen atoms in total. The second-order valence-electron chi connectivity index (χ2n) is 8.69. The number of allylic oxidation sites excluding steroid dienone is 3. The summed E-state index contributed by atoms with van der Waals surface area (Å²) in [6, 6.07) is 8.68. The summed E-state index contributed by atoms with van der Waals surface area (Å²) in [5, 5.41) is 3.32. The first-order chi connectivity index (χ1) is 16.6. The molecule has 0 saturated carbocycles. The van der Waals surface area contributed by atoms with E-state index in [1.807, 2.05) is 38.1 Å². The zero-order valence-corrected chi connectivity index (χ0v) is 20.4. The Kier molecular flexibility index (Phi) is 6.72. The van der Waals surface area contributed by atoms with Crippen LogP contribution in [0.4, 0.5) is 21.8 Å². The van der Waals surface area contributed by atoms with E-state index in [0.717, 1.165) is 77.5 Å². The maximum atomic E-state index is 13.7. The van der Waals surface area contributed by atoms with Crippen molar-refractivity contribution in [2.24, 2.45) is 0 Å². The van der Waals surface area contributed by atoms with E-state index >= 15 is 0 Å². The van der Waals surface area contributed by atoms with Gasteiger partial charge >= 0.3 is 0 Å². The summed E-state index contributed by atoms with van der Waals surface area (Å²) >= 11 is 1.76. The van der Waals surface area contributed by atoms with Gasteiger partial charge in [-0.15, -0.1) is 11.8 Å². The van der Waals surface area contributed by atoms with Crippen LogP contribution in [0.2, 0.25) is 0 Å². The lowest BCUT2D eigenvalue weighted by atomic mass is 9.94. The summed E-state index contributed by atoms with van der Waals surface area (Å²) in [7, 11) is 0. The van der Waals surface area contributed by atoms with E-state index in [0.29, 0.717) is 11.6 Å². The molecule has 1 N–H and O–H groups in total. The highest BCUT2D eigenvalue weighted by molar-refractivity contribution is 7.99. The molecule has 0 spiro atoms. The molecule has 2 aliphatic rings. The molecule has 1 fully saturated rings. The number of piperidine rings is 1. The number of rotatable bonds is 6. The summed E-state index contributed by atoms with van der Waals surface area (Å²) in [5.74, 6) is 4.69. The molecule has 4 heterocycles. The molecule has 2 aliphatic heterocycles. The fourth-order valence-corrected chi connectivity index (χ4v) is 5.55. The Bertz CT molecular complexity index is 1230. The fraction of sp³-hybridized carbons (Fsp3) is 0.333. The first kappa shape index (κ1) is 22.7. The molecule has 0 aliphatic carbocycles. The number of benzene rings is 1. The minimum Gasteiger partial charge on any atom is -0.465 e. The van der Waals surface area contributed by atoms with Crippen molar-refractivity contribution >= 4 is 35.3 Å². The average Bonchev–Trinajstić information content (AvgIpc) is 3.46. The topological polar surface area (TPSA) is 54.2 Å². The molecule has 5 rings (SSSR count). The number of halogens is 1. The van der Waals surface area contributed by atoms with Crippen molar-refractivity contribution in [1.82, 2.24) is 9.97 Å². The third-order valence-electron chi connectivity index (χ3n) is 6.33. The van der Waals surface area contributed by atoms with E-state index < -0.39 is 0 Å². The number of fused-ring (bicyclic) bond motifs is 1. The third kappa shape index (κ3) is 4.89. The maximum Gasteiger partial charge on any atom is 0.227 e. The molecule has 1 saturated heterocycles. The van der Waals surface area contributed by atoms with Crippen molar-refractivity contribution in [2.75, 3.05) is 29.1 Å². The van der Waals surface area contributed by atoms with Gasteiger partial charge in [-0.25, -0.2) is 9.37 Å². The number of hydrogen-bond acceptors (Lipinski definition) is 6. The van der Waals surface area contributed by atoms with Gasteiger partial charge in [0.2, 0.25) is 5.95 Å². The van der Waals surface area contributed by atoms with Crippen molar-refractivity contribution in [3.8, 4) is 0 Å². The lowest BCUT2D eigenvalue weighted by Crippen LogP contribution is -2.34. The Morgan fingerprint density at radius 2 is 2.03 bits per heavy atom. The highest BCUT2D eigenvalue weighted by Gasteiger charge is 2.27. The van der Waals surface area contributed by atoms with Gasteiger partial charge in [-0.2, -0.15) is 4.98 Å². The Morgan fingerprint density at radius 3 is 2.82 bits per heavy atom. The maximum absolute atomic E-state index is 13.7. The summed E-state index contributed by atoms with van der Waals surface area (Å²) in [6.45, 7) is 5.78. The number of aryl methyl sites for hydroxylation is 2. The van der Waals surface area contributed by atoms with Crippen LogP contribution in [0.25, 0.3) is 6.08 Å². The van der Waals surface area contributed by atoms with Gasteiger partial charge in [-0.1, -0.05) is 30.4 Å². The van der Waals surface area contributed by atoms with Crippen molar-refractivity contribution in [3.05, 3.63) is 77.2 Å². The minimum atomic E-state index is -0.265. The molecule has 3 aromatic rings. The number of aromatic nitrogens is 2. The number of nitrogens with zero attached hydrogens (tertiary/aromatic N) is 3. The second kappa shape index (κ2) is 10.1. The van der Waals surface area contributed by atoms with Gasteiger partial charge in [0, 0.05) is 42.4 Å². The van der Waals surface area contributed by atoms with Crippen LogP contribution in [0.5, 0.6) is 0 Å². The molecule has 0 amide bonds. The highest BCUT2D eigenvalue weighted by Crippen LogP contribution is 2.39. The van der Waals surface area contributed by atoms with E-state index in [-0.39, 0.29) is 5.82 Å². The zero-order chi connectivity index (χ0) is 23.5. The monoisotopic (exact) mass is 476 g/mol. The van der Waals surface area contributed by atoms with Crippen LogP contribution in [-0.2, 0) is 6.42 Å². The summed E-state index contributed by atoms with van der Waals surface area (Å²) < 4.78 is 19.8. The molecule has 0 radical (unpaired) electrons. The van der Waals surface area contributed by atoms with E-state index in [4.69, 9.17) is 14.4 Å². The highest BCUT2D eigenvalue weighted by atomic mass is 32.2. The van der Waals surface area contributed by atoms with E-state index in [9.17, 15) is 4.39 Å². The van der Waals surface area contributed by atoms with E-state index in [2.05, 4.69) is 22.4 Å². The molecule has 2 aromatic heterocycles. The summed E-state index contributed by atoms with van der Waals surface area (Å²) in [5.41, 5.74) is 2.92. The van der Waals surface area contributed by atoms with Crippen LogP contribution in [0.3, 0.4) is 0 Å². The van der Waals surface area contributed by atoms with Crippen molar-refractivity contribution in [3.63, 3.8) is 0 Å². The molecule has 176 valence electrons. The smallest absolute Gasteiger partial charge is 0.227 e. The number of furan rings is 1. The van der Waals surface area contributed by atoms with Crippen LogP contribution in [0.15, 0.2) is 57.9 Å². The summed E-state index contributed by atoms with van der Waals surface area (Å²) in [4.78, 5) is 13.1. The average molecular weight is 477 g/mol. The van der Waals surface area contributed by atoms with E-state index in [1.165, 1.54) is 12.1 Å². The van der Waals surface area contributed by atoms with Crippen molar-refractivity contribution in [1.29, 1.82) is 0 Å². The van der Waals surface area contributed by atoms with E-state index in [1.54, 1.807) is 17.8 Å². The quantitative estimate of drug-likeness (QED) is 0.391. The third-order valence-corrected chi connectivity index (χ3v) is 7.46. The van der Waals surface area contributed by atoms with Crippen LogP contribution in [0.1, 0.15) is 48.5 Å².